The molecule has 1 fully saturated rings. The van der Waals surface area contributed by atoms with E-state index in [1.165, 1.54) is 32.0 Å². The Kier molecular flexibility index (Phi) is 17.0. The van der Waals surface area contributed by atoms with Gasteiger partial charge in [0.25, 0.3) is 0 Å². The highest BCUT2D eigenvalue weighted by atomic mass is 35.5. The van der Waals surface area contributed by atoms with Gasteiger partial charge in [0.2, 0.25) is 12.8 Å². The monoisotopic (exact) mass is 582 g/mol. The number of likely N-dealkylation sites (tertiary alicyclic amines) is 1. The minimum absolute atomic E-state index is 0.0384. The second-order valence-electron chi connectivity index (χ2n) is 11.2. The van der Waals surface area contributed by atoms with Gasteiger partial charge in [-0.2, -0.15) is 0 Å². The van der Waals surface area contributed by atoms with E-state index in [0.717, 1.165) is 31.5 Å². The van der Waals surface area contributed by atoms with Crippen LogP contribution in [-0.2, 0) is 16.1 Å². The molecular formula is C30H45Cl2FN4O2. The first kappa shape index (κ1) is 34.8. The molecule has 0 spiro atoms. The highest BCUT2D eigenvalue weighted by Crippen LogP contribution is 2.25. The fourth-order valence-electron chi connectivity index (χ4n) is 3.80. The number of nitrogens with one attached hydrogen (secondary N) is 3. The lowest BCUT2D eigenvalue weighted by Crippen LogP contribution is -2.24. The molecule has 1 aliphatic heterocycles. The lowest BCUT2D eigenvalue weighted by molar-refractivity contribution is -0.109. The van der Waals surface area contributed by atoms with Gasteiger partial charge in [-0.05, 0) is 79.6 Å². The van der Waals surface area contributed by atoms with Gasteiger partial charge in [0.05, 0.1) is 5.02 Å². The molecule has 1 heterocycles. The summed E-state index contributed by atoms with van der Waals surface area (Å²) in [5.41, 5.74) is 2.63. The van der Waals surface area contributed by atoms with Gasteiger partial charge >= 0.3 is 0 Å². The average Bonchev–Trinajstić information content (AvgIpc) is 3.38. The third-order valence-electron chi connectivity index (χ3n) is 5.64. The maximum Gasteiger partial charge on any atom is 0.211 e. The molecule has 0 bridgehead atoms. The molecule has 218 valence electrons. The topological polar surface area (TPSA) is 73.5 Å². The van der Waals surface area contributed by atoms with Crippen molar-refractivity contribution in [3.63, 3.8) is 0 Å². The van der Waals surface area contributed by atoms with E-state index in [2.05, 4.69) is 48.5 Å². The van der Waals surface area contributed by atoms with Crippen molar-refractivity contribution >= 4 is 41.7 Å². The Morgan fingerprint density at radius 1 is 1.05 bits per heavy atom. The van der Waals surface area contributed by atoms with Gasteiger partial charge < -0.3 is 20.9 Å². The van der Waals surface area contributed by atoms with Crippen LogP contribution in [0.2, 0.25) is 10.0 Å². The van der Waals surface area contributed by atoms with Crippen molar-refractivity contribution in [1.82, 2.24) is 15.5 Å². The van der Waals surface area contributed by atoms with Gasteiger partial charge in [0.1, 0.15) is 5.82 Å². The van der Waals surface area contributed by atoms with Crippen LogP contribution in [0, 0.1) is 11.2 Å². The number of hydrogen-bond acceptors (Lipinski definition) is 4. The van der Waals surface area contributed by atoms with E-state index in [-0.39, 0.29) is 16.8 Å². The van der Waals surface area contributed by atoms with Crippen molar-refractivity contribution in [3.05, 3.63) is 63.4 Å². The minimum atomic E-state index is -0.377. The fourth-order valence-corrected chi connectivity index (χ4v) is 4.16. The van der Waals surface area contributed by atoms with Crippen molar-refractivity contribution in [2.45, 2.75) is 66.3 Å². The number of nitrogens with zero attached hydrogens (tertiary/aromatic N) is 1. The summed E-state index contributed by atoms with van der Waals surface area (Å²) >= 11 is 11.7. The molecule has 0 radical (unpaired) electrons. The van der Waals surface area contributed by atoms with Gasteiger partial charge in [-0.15, -0.1) is 0 Å². The SMILES string of the molecule is CC(C)(C)C.CC(CNCc1ccc(Cl)cc1NC=O)c1cccc(Cl)c1F.O=CNCCCN1CCCC1. The van der Waals surface area contributed by atoms with E-state index >= 15 is 0 Å². The summed E-state index contributed by atoms with van der Waals surface area (Å²) in [5.74, 6) is -0.415. The maximum absolute atomic E-state index is 14.0. The third-order valence-corrected chi connectivity index (χ3v) is 6.17. The lowest BCUT2D eigenvalue weighted by atomic mass is 10.0. The number of anilines is 1. The summed E-state index contributed by atoms with van der Waals surface area (Å²) in [6.07, 6.45) is 5.16. The van der Waals surface area contributed by atoms with Crippen LogP contribution in [-0.4, -0.2) is 50.4 Å². The average molecular weight is 584 g/mol. The van der Waals surface area contributed by atoms with Crippen LogP contribution in [0.25, 0.3) is 0 Å². The van der Waals surface area contributed by atoms with Crippen LogP contribution < -0.4 is 16.0 Å². The number of benzene rings is 2. The molecule has 3 rings (SSSR count). The summed E-state index contributed by atoms with van der Waals surface area (Å²) in [4.78, 5) is 23.0. The number of carbonyl (C=O) groups is 2. The Balaban J connectivity index is 0.000000392. The van der Waals surface area contributed by atoms with E-state index in [0.29, 0.717) is 41.2 Å². The molecule has 0 saturated carbocycles. The van der Waals surface area contributed by atoms with Crippen molar-refractivity contribution < 1.29 is 14.0 Å². The standard InChI is InChI=1S/C17H17Cl2FN2O.C8H16N2O.C5H12/c1-11(14-3-2-4-15(19)17(14)20)8-21-9-12-5-6-13(18)7-16(12)22-10-23;11-8-9-4-3-7-10-5-1-2-6-10;1-5(2,3)4/h2-7,10-11,21H,8-9H2,1H3,(H,22,23);8H,1-7H2,(H,9,11);1-4H3. The number of amides is 2. The molecule has 2 aromatic carbocycles. The second kappa shape index (κ2) is 19.0. The Bertz CT molecular complexity index is 989. The fraction of sp³-hybridized carbons (Fsp3) is 0.533. The van der Waals surface area contributed by atoms with Crippen molar-refractivity contribution in [2.24, 2.45) is 5.41 Å². The highest BCUT2D eigenvalue weighted by Gasteiger charge is 2.13. The number of halogens is 3. The second-order valence-corrected chi connectivity index (χ2v) is 12.1. The minimum Gasteiger partial charge on any atom is -0.359 e. The molecular weight excluding hydrogens is 538 g/mol. The molecule has 0 aliphatic carbocycles. The Hall–Kier alpha value is -2.19. The smallest absolute Gasteiger partial charge is 0.211 e. The molecule has 3 N–H and O–H groups in total. The molecule has 1 saturated heterocycles. The van der Waals surface area contributed by atoms with Gasteiger partial charge in [-0.3, -0.25) is 9.59 Å². The Labute approximate surface area is 244 Å². The quantitative estimate of drug-likeness (QED) is 0.189. The van der Waals surface area contributed by atoms with Gasteiger partial charge in [0.15, 0.2) is 0 Å². The largest absolute Gasteiger partial charge is 0.359 e. The number of rotatable bonds is 12. The molecule has 2 aromatic rings. The molecule has 6 nitrogen and oxygen atoms in total. The number of hydrogen-bond donors (Lipinski definition) is 3. The van der Waals surface area contributed by atoms with E-state index < -0.39 is 0 Å². The number of carbonyl (C=O) groups excluding carboxylic acids is 2. The van der Waals surface area contributed by atoms with E-state index in [4.69, 9.17) is 23.2 Å². The Morgan fingerprint density at radius 3 is 2.33 bits per heavy atom. The zero-order valence-electron chi connectivity index (χ0n) is 24.0. The molecule has 1 unspecified atom stereocenters. The zero-order chi connectivity index (χ0) is 29.3. The molecule has 2 amide bonds. The Morgan fingerprint density at radius 2 is 1.72 bits per heavy atom. The summed E-state index contributed by atoms with van der Waals surface area (Å²) in [6.45, 7) is 16.2. The normalized spacial score (nSPS) is 13.8. The van der Waals surface area contributed by atoms with Crippen LogP contribution in [0.3, 0.4) is 0 Å². The molecule has 39 heavy (non-hydrogen) atoms. The summed E-state index contributed by atoms with van der Waals surface area (Å²) in [5, 5.41) is 9.22. The van der Waals surface area contributed by atoms with E-state index in [9.17, 15) is 14.0 Å². The van der Waals surface area contributed by atoms with Crippen LogP contribution >= 0.6 is 23.2 Å². The van der Waals surface area contributed by atoms with Crippen molar-refractivity contribution in [3.8, 4) is 0 Å². The lowest BCUT2D eigenvalue weighted by Gasteiger charge is -2.16. The van der Waals surface area contributed by atoms with E-state index in [1.807, 2.05) is 13.0 Å². The predicted molar refractivity (Wildman–Crippen MR) is 162 cm³/mol. The molecule has 1 aliphatic rings. The molecule has 1 atom stereocenters. The first-order chi connectivity index (χ1) is 18.5. The van der Waals surface area contributed by atoms with Crippen LogP contribution in [0.15, 0.2) is 36.4 Å². The van der Waals surface area contributed by atoms with Crippen LogP contribution in [0.5, 0.6) is 0 Å². The highest BCUT2D eigenvalue weighted by molar-refractivity contribution is 6.31. The summed E-state index contributed by atoms with van der Waals surface area (Å²) in [6, 6.07) is 10.3. The summed E-state index contributed by atoms with van der Waals surface area (Å²) in [7, 11) is 0. The van der Waals surface area contributed by atoms with Crippen molar-refractivity contribution in [2.75, 3.05) is 38.0 Å². The predicted octanol–water partition coefficient (Wildman–Crippen LogP) is 6.86. The van der Waals surface area contributed by atoms with Gasteiger partial charge in [-0.25, -0.2) is 4.39 Å². The van der Waals surface area contributed by atoms with Crippen molar-refractivity contribution in [1.29, 1.82) is 0 Å². The third kappa shape index (κ3) is 15.9. The molecule has 0 aromatic heterocycles. The maximum atomic E-state index is 14.0. The van der Waals surface area contributed by atoms with Crippen LogP contribution in [0.4, 0.5) is 10.1 Å². The summed E-state index contributed by atoms with van der Waals surface area (Å²) < 4.78 is 14.0. The van der Waals surface area contributed by atoms with E-state index in [1.54, 1.807) is 24.3 Å². The van der Waals surface area contributed by atoms with Gasteiger partial charge in [-0.1, -0.05) is 76.0 Å². The molecule has 9 heteroatoms. The first-order valence-corrected chi connectivity index (χ1v) is 14.2. The van der Waals surface area contributed by atoms with Gasteiger partial charge in [0, 0.05) is 30.3 Å². The zero-order valence-corrected chi connectivity index (χ0v) is 25.5. The first-order valence-electron chi connectivity index (χ1n) is 13.5. The van der Waals surface area contributed by atoms with Crippen LogP contribution in [0.1, 0.15) is 70.9 Å².